The zero-order chi connectivity index (χ0) is 13.7. The van der Waals surface area contributed by atoms with Crippen molar-refractivity contribution >= 4 is 10.0 Å². The fourth-order valence-electron chi connectivity index (χ4n) is 1.58. The second-order valence-corrected chi connectivity index (χ2v) is 5.69. The van der Waals surface area contributed by atoms with Crippen LogP contribution in [0.2, 0.25) is 0 Å². The first-order valence-electron chi connectivity index (χ1n) is 5.76. The lowest BCUT2D eigenvalue weighted by atomic mass is 10.2. The van der Waals surface area contributed by atoms with Gasteiger partial charge in [-0.3, -0.25) is 15.0 Å². The number of hydrogen-bond donors (Lipinski definition) is 1. The van der Waals surface area contributed by atoms with Crippen LogP contribution in [0.5, 0.6) is 0 Å². The molecule has 2 aromatic heterocycles. The standard InChI is InChI=1S/C12H14N4O2S/c1-10-12(15-8-7-14-10)4-6-16-19(17,18)11-3-2-5-13-9-11/h2-3,5,7-9,16H,4,6H2,1H3. The molecule has 0 unspecified atom stereocenters. The van der Waals surface area contributed by atoms with E-state index in [0.29, 0.717) is 6.42 Å². The minimum Gasteiger partial charge on any atom is -0.263 e. The summed E-state index contributed by atoms with van der Waals surface area (Å²) in [5, 5.41) is 0. The fourth-order valence-corrected chi connectivity index (χ4v) is 2.57. The lowest BCUT2D eigenvalue weighted by Gasteiger charge is -2.06. The van der Waals surface area contributed by atoms with Crippen LogP contribution in [0.4, 0.5) is 0 Å². The zero-order valence-electron chi connectivity index (χ0n) is 10.4. The summed E-state index contributed by atoms with van der Waals surface area (Å²) in [6.07, 6.45) is 6.55. The largest absolute Gasteiger partial charge is 0.263 e. The van der Waals surface area contributed by atoms with Crippen LogP contribution in [0.25, 0.3) is 0 Å². The van der Waals surface area contributed by atoms with Crippen LogP contribution in [0.15, 0.2) is 41.8 Å². The van der Waals surface area contributed by atoms with Crippen molar-refractivity contribution in [3.63, 3.8) is 0 Å². The lowest BCUT2D eigenvalue weighted by molar-refractivity contribution is 0.580. The van der Waals surface area contributed by atoms with Crippen molar-refractivity contribution in [1.82, 2.24) is 19.7 Å². The summed E-state index contributed by atoms with van der Waals surface area (Å²) < 4.78 is 26.4. The van der Waals surface area contributed by atoms with E-state index in [9.17, 15) is 8.42 Å². The van der Waals surface area contributed by atoms with Crippen LogP contribution < -0.4 is 4.72 Å². The zero-order valence-corrected chi connectivity index (χ0v) is 11.3. The number of pyridine rings is 1. The van der Waals surface area contributed by atoms with Crippen molar-refractivity contribution in [3.8, 4) is 0 Å². The minimum atomic E-state index is -3.50. The second kappa shape index (κ2) is 5.85. The van der Waals surface area contributed by atoms with Crippen molar-refractivity contribution in [2.45, 2.75) is 18.2 Å². The summed E-state index contributed by atoms with van der Waals surface area (Å²) in [6.45, 7) is 2.12. The molecule has 7 heteroatoms. The van der Waals surface area contributed by atoms with Gasteiger partial charge in [0.2, 0.25) is 10.0 Å². The van der Waals surface area contributed by atoms with E-state index >= 15 is 0 Å². The number of hydrogen-bond acceptors (Lipinski definition) is 5. The number of aryl methyl sites for hydroxylation is 1. The highest BCUT2D eigenvalue weighted by Crippen LogP contribution is 2.06. The van der Waals surface area contributed by atoms with Gasteiger partial charge in [0.05, 0.1) is 11.4 Å². The van der Waals surface area contributed by atoms with E-state index in [-0.39, 0.29) is 11.4 Å². The van der Waals surface area contributed by atoms with Gasteiger partial charge in [0.15, 0.2) is 0 Å². The molecule has 0 saturated heterocycles. The third-order valence-corrected chi connectivity index (χ3v) is 4.03. The fraction of sp³-hybridized carbons (Fsp3) is 0.250. The summed E-state index contributed by atoms with van der Waals surface area (Å²) >= 11 is 0. The molecule has 100 valence electrons. The van der Waals surface area contributed by atoms with Gasteiger partial charge in [-0.25, -0.2) is 13.1 Å². The van der Waals surface area contributed by atoms with Crippen molar-refractivity contribution < 1.29 is 8.42 Å². The van der Waals surface area contributed by atoms with Gasteiger partial charge in [-0.2, -0.15) is 0 Å². The second-order valence-electron chi connectivity index (χ2n) is 3.92. The highest BCUT2D eigenvalue weighted by Gasteiger charge is 2.13. The molecule has 2 heterocycles. The Morgan fingerprint density at radius 2 is 2.00 bits per heavy atom. The van der Waals surface area contributed by atoms with Crippen molar-refractivity contribution in [3.05, 3.63) is 48.3 Å². The maximum absolute atomic E-state index is 11.9. The van der Waals surface area contributed by atoms with E-state index in [1.165, 1.54) is 18.5 Å². The van der Waals surface area contributed by atoms with Gasteiger partial charge in [0.1, 0.15) is 4.90 Å². The topological polar surface area (TPSA) is 84.8 Å². The Morgan fingerprint density at radius 3 is 2.68 bits per heavy atom. The monoisotopic (exact) mass is 278 g/mol. The predicted molar refractivity (Wildman–Crippen MR) is 69.9 cm³/mol. The third-order valence-electron chi connectivity index (χ3n) is 2.58. The van der Waals surface area contributed by atoms with Crippen LogP contribution in [-0.2, 0) is 16.4 Å². The molecule has 0 atom stereocenters. The summed E-state index contributed by atoms with van der Waals surface area (Å²) in [4.78, 5) is 12.2. The molecule has 0 amide bonds. The van der Waals surface area contributed by atoms with E-state index in [0.717, 1.165) is 11.4 Å². The van der Waals surface area contributed by atoms with Crippen LogP contribution >= 0.6 is 0 Å². The van der Waals surface area contributed by atoms with Gasteiger partial charge in [0.25, 0.3) is 0 Å². The molecule has 19 heavy (non-hydrogen) atoms. The number of aromatic nitrogens is 3. The Kier molecular flexibility index (Phi) is 4.18. The summed E-state index contributed by atoms with van der Waals surface area (Å²) in [5.74, 6) is 0. The highest BCUT2D eigenvalue weighted by molar-refractivity contribution is 7.89. The van der Waals surface area contributed by atoms with Gasteiger partial charge < -0.3 is 0 Å². The van der Waals surface area contributed by atoms with Gasteiger partial charge in [-0.1, -0.05) is 0 Å². The van der Waals surface area contributed by atoms with E-state index in [1.807, 2.05) is 6.92 Å². The SMILES string of the molecule is Cc1nccnc1CCNS(=O)(=O)c1cccnc1. The predicted octanol–water partition coefficient (Wildman–Crippen LogP) is 0.701. The molecule has 0 aliphatic rings. The molecule has 0 aliphatic carbocycles. The Balaban J connectivity index is 1.98. The van der Waals surface area contributed by atoms with Gasteiger partial charge >= 0.3 is 0 Å². The molecule has 0 bridgehead atoms. The summed E-state index contributed by atoms with van der Waals surface area (Å²) in [5.41, 5.74) is 1.60. The molecule has 0 aliphatic heterocycles. The van der Waals surface area contributed by atoms with Crippen molar-refractivity contribution in [1.29, 1.82) is 0 Å². The number of sulfonamides is 1. The lowest BCUT2D eigenvalue weighted by Crippen LogP contribution is -2.26. The molecule has 0 fully saturated rings. The van der Waals surface area contributed by atoms with Crippen molar-refractivity contribution in [2.75, 3.05) is 6.54 Å². The molecular weight excluding hydrogens is 264 g/mol. The molecule has 1 N–H and O–H groups in total. The number of nitrogens with one attached hydrogen (secondary N) is 1. The van der Waals surface area contributed by atoms with Crippen LogP contribution in [0.1, 0.15) is 11.4 Å². The van der Waals surface area contributed by atoms with E-state index in [4.69, 9.17) is 0 Å². The minimum absolute atomic E-state index is 0.158. The third kappa shape index (κ3) is 3.55. The van der Waals surface area contributed by atoms with Crippen LogP contribution in [0.3, 0.4) is 0 Å². The molecule has 0 spiro atoms. The normalized spacial score (nSPS) is 11.4. The Bertz CT molecular complexity index is 644. The highest BCUT2D eigenvalue weighted by atomic mass is 32.2. The van der Waals surface area contributed by atoms with Crippen LogP contribution in [-0.4, -0.2) is 29.9 Å². The maximum atomic E-state index is 11.9. The first-order valence-corrected chi connectivity index (χ1v) is 7.24. The smallest absolute Gasteiger partial charge is 0.242 e. The first kappa shape index (κ1) is 13.6. The van der Waals surface area contributed by atoms with E-state index < -0.39 is 10.0 Å². The van der Waals surface area contributed by atoms with Gasteiger partial charge in [0, 0.05) is 37.8 Å². The Hall–Kier alpha value is -1.86. The quantitative estimate of drug-likeness (QED) is 0.870. The summed E-state index contributed by atoms with van der Waals surface area (Å²) in [6, 6.07) is 3.09. The molecule has 2 aromatic rings. The molecule has 0 aromatic carbocycles. The summed E-state index contributed by atoms with van der Waals surface area (Å²) in [7, 11) is -3.50. The molecule has 0 radical (unpaired) electrons. The number of rotatable bonds is 5. The average molecular weight is 278 g/mol. The average Bonchev–Trinajstić information content (AvgIpc) is 2.42. The molecule has 0 saturated carbocycles. The van der Waals surface area contributed by atoms with Gasteiger partial charge in [-0.15, -0.1) is 0 Å². The Morgan fingerprint density at radius 1 is 1.21 bits per heavy atom. The van der Waals surface area contributed by atoms with Gasteiger partial charge in [-0.05, 0) is 19.1 Å². The molecular formula is C12H14N4O2S. The van der Waals surface area contributed by atoms with Crippen molar-refractivity contribution in [2.24, 2.45) is 0 Å². The van der Waals surface area contributed by atoms with E-state index in [2.05, 4.69) is 19.7 Å². The Labute approximate surface area is 112 Å². The maximum Gasteiger partial charge on any atom is 0.242 e. The van der Waals surface area contributed by atoms with Crippen LogP contribution in [0, 0.1) is 6.92 Å². The molecule has 6 nitrogen and oxygen atoms in total. The molecule has 2 rings (SSSR count). The first-order chi connectivity index (χ1) is 9.09. The van der Waals surface area contributed by atoms with E-state index in [1.54, 1.807) is 18.5 Å². The number of nitrogens with zero attached hydrogens (tertiary/aromatic N) is 3.